The molecule has 0 fully saturated rings. The molecule has 21 heavy (non-hydrogen) atoms. The Labute approximate surface area is 126 Å². The Morgan fingerprint density at radius 2 is 1.86 bits per heavy atom. The highest BCUT2D eigenvalue weighted by molar-refractivity contribution is 6.15. The molecule has 118 valence electrons. The number of rotatable bonds is 7. The average molecular weight is 296 g/mol. The third-order valence-electron chi connectivity index (χ3n) is 2.61. The summed E-state index contributed by atoms with van der Waals surface area (Å²) in [6.07, 6.45) is 0.867. The minimum absolute atomic E-state index is 0.284. The van der Waals surface area contributed by atoms with E-state index < -0.39 is 12.0 Å². The number of carboxylic acids is 1. The van der Waals surface area contributed by atoms with Crippen LogP contribution in [0.1, 0.15) is 25.8 Å². The molecule has 0 bridgehead atoms. The predicted molar refractivity (Wildman–Crippen MR) is 83.6 cm³/mol. The molecular formula is C14H25BN2O4. The molecule has 0 unspecified atom stereocenters. The van der Waals surface area contributed by atoms with E-state index in [2.05, 4.69) is 18.5 Å². The lowest BCUT2D eigenvalue weighted by atomic mass is 10.1. The molecule has 0 amide bonds. The largest absolute Gasteiger partial charge is 0.480 e. The number of benzene rings is 1. The number of hydrogen-bond acceptors (Lipinski definition) is 5. The molecule has 0 spiro atoms. The van der Waals surface area contributed by atoms with Crippen molar-refractivity contribution < 1.29 is 19.6 Å². The van der Waals surface area contributed by atoms with Crippen molar-refractivity contribution in [2.75, 3.05) is 0 Å². The van der Waals surface area contributed by atoms with Crippen LogP contribution in [-0.4, -0.2) is 36.1 Å². The second-order valence-electron chi connectivity index (χ2n) is 5.10. The summed E-state index contributed by atoms with van der Waals surface area (Å²) in [6, 6.07) is 8.54. The number of aliphatic carboxylic acids is 1. The second-order valence-corrected chi connectivity index (χ2v) is 5.10. The summed E-state index contributed by atoms with van der Waals surface area (Å²) in [7, 11) is -0.284. The highest BCUT2D eigenvalue weighted by Gasteiger charge is 2.10. The first-order chi connectivity index (χ1) is 9.86. The van der Waals surface area contributed by atoms with Crippen LogP contribution in [0.2, 0.25) is 0 Å². The lowest BCUT2D eigenvalue weighted by molar-refractivity contribution is -0.138. The molecule has 7 heteroatoms. The van der Waals surface area contributed by atoms with Crippen LogP contribution in [0.15, 0.2) is 30.3 Å². The fourth-order valence-corrected chi connectivity index (χ4v) is 1.58. The van der Waals surface area contributed by atoms with Crippen molar-refractivity contribution in [1.29, 1.82) is 0 Å². The zero-order chi connectivity index (χ0) is 16.3. The molecule has 0 saturated heterocycles. The first-order valence-electron chi connectivity index (χ1n) is 6.87. The van der Waals surface area contributed by atoms with Crippen molar-refractivity contribution in [3.05, 3.63) is 35.9 Å². The Morgan fingerprint density at radius 1 is 1.29 bits per heavy atom. The topological polar surface area (TPSA) is 119 Å². The van der Waals surface area contributed by atoms with Gasteiger partial charge in [-0.1, -0.05) is 44.2 Å². The van der Waals surface area contributed by atoms with Crippen LogP contribution < -0.4 is 11.5 Å². The molecule has 1 aromatic carbocycles. The summed E-state index contributed by atoms with van der Waals surface area (Å²) in [5.41, 5.74) is 11.7. The van der Waals surface area contributed by atoms with Crippen molar-refractivity contribution >= 4 is 13.7 Å². The van der Waals surface area contributed by atoms with Crippen LogP contribution in [0.3, 0.4) is 0 Å². The maximum atomic E-state index is 10.4. The van der Waals surface area contributed by atoms with Gasteiger partial charge in [0.25, 0.3) is 0 Å². The van der Waals surface area contributed by atoms with Crippen LogP contribution in [0.5, 0.6) is 0 Å². The second kappa shape index (κ2) is 11.3. The Hall–Kier alpha value is -1.41. The minimum Gasteiger partial charge on any atom is -0.480 e. The summed E-state index contributed by atoms with van der Waals surface area (Å²) < 4.78 is 4.69. The average Bonchev–Trinajstić information content (AvgIpc) is 2.39. The van der Waals surface area contributed by atoms with E-state index in [0.717, 1.165) is 12.0 Å². The smallest absolute Gasteiger partial charge is 0.436 e. The van der Waals surface area contributed by atoms with Gasteiger partial charge in [-0.3, -0.25) is 4.79 Å². The van der Waals surface area contributed by atoms with Crippen molar-refractivity contribution in [3.63, 3.8) is 0 Å². The summed E-state index contributed by atoms with van der Waals surface area (Å²) in [5.74, 6) is -0.439. The van der Waals surface area contributed by atoms with Crippen molar-refractivity contribution in [1.82, 2.24) is 0 Å². The standard InChI is InChI=1S/C9H11NO2.C5H14BNO2/c10-8(9(11)12)6-7-4-2-1-3-5-7;1-4(2)3-5(7)9-6-8/h1-5,8H,6,10H2,(H,11,12);4-6,8H,3,7H2,1-2H3/t8-;5-/m01/s1. The fourth-order valence-electron chi connectivity index (χ4n) is 1.58. The highest BCUT2D eigenvalue weighted by Crippen LogP contribution is 2.02. The van der Waals surface area contributed by atoms with E-state index >= 15 is 0 Å². The van der Waals surface area contributed by atoms with E-state index in [4.69, 9.17) is 21.6 Å². The summed E-state index contributed by atoms with van der Waals surface area (Å²) in [6.45, 7) is 4.11. The van der Waals surface area contributed by atoms with Gasteiger partial charge in [0, 0.05) is 0 Å². The monoisotopic (exact) mass is 296 g/mol. The molecule has 0 aromatic heterocycles. The first-order valence-corrected chi connectivity index (χ1v) is 6.87. The Morgan fingerprint density at radius 3 is 2.29 bits per heavy atom. The summed E-state index contributed by atoms with van der Waals surface area (Å²) in [4.78, 5) is 10.4. The summed E-state index contributed by atoms with van der Waals surface area (Å²) >= 11 is 0. The van der Waals surface area contributed by atoms with Crippen molar-refractivity contribution in [2.24, 2.45) is 17.4 Å². The van der Waals surface area contributed by atoms with Gasteiger partial charge >= 0.3 is 13.7 Å². The summed E-state index contributed by atoms with van der Waals surface area (Å²) in [5, 5.41) is 16.8. The van der Waals surface area contributed by atoms with Crippen molar-refractivity contribution in [2.45, 2.75) is 39.0 Å². The molecule has 0 saturated carbocycles. The van der Waals surface area contributed by atoms with E-state index in [1.54, 1.807) is 0 Å². The molecule has 1 rings (SSSR count). The van der Waals surface area contributed by atoms with Crippen LogP contribution in [0.4, 0.5) is 0 Å². The number of carbonyl (C=O) groups is 1. The number of hydrogen-bond donors (Lipinski definition) is 4. The fraction of sp³-hybridized carbons (Fsp3) is 0.500. The molecule has 6 N–H and O–H groups in total. The number of carboxylic acid groups (broad SMARTS) is 1. The van der Waals surface area contributed by atoms with E-state index in [-0.39, 0.29) is 13.9 Å². The third kappa shape index (κ3) is 11.0. The van der Waals surface area contributed by atoms with Gasteiger partial charge in [-0.25, -0.2) is 0 Å². The van der Waals surface area contributed by atoms with E-state index in [0.29, 0.717) is 12.3 Å². The van der Waals surface area contributed by atoms with Gasteiger partial charge in [0.2, 0.25) is 0 Å². The van der Waals surface area contributed by atoms with Gasteiger partial charge in [-0.15, -0.1) is 0 Å². The van der Waals surface area contributed by atoms with Crippen LogP contribution in [0.25, 0.3) is 0 Å². The molecular weight excluding hydrogens is 271 g/mol. The molecule has 2 atom stereocenters. The van der Waals surface area contributed by atoms with Crippen LogP contribution in [-0.2, 0) is 15.9 Å². The van der Waals surface area contributed by atoms with Gasteiger partial charge in [-0.05, 0) is 24.3 Å². The Kier molecular flexibility index (Phi) is 10.5. The van der Waals surface area contributed by atoms with E-state index in [1.165, 1.54) is 0 Å². The molecule has 0 heterocycles. The lowest BCUT2D eigenvalue weighted by Gasteiger charge is -2.12. The zero-order valence-electron chi connectivity index (χ0n) is 12.6. The highest BCUT2D eigenvalue weighted by atomic mass is 16.5. The van der Waals surface area contributed by atoms with Crippen LogP contribution in [0, 0.1) is 5.92 Å². The molecule has 0 radical (unpaired) electrons. The van der Waals surface area contributed by atoms with Crippen LogP contribution >= 0.6 is 0 Å². The SMILES string of the molecule is CC(C)C[C@H](N)OBO.N[C@@H](Cc1ccccc1)C(=O)O. The molecule has 0 aliphatic rings. The first kappa shape index (κ1) is 19.6. The van der Waals surface area contributed by atoms with Gasteiger partial charge in [-0.2, -0.15) is 0 Å². The molecule has 0 aliphatic carbocycles. The van der Waals surface area contributed by atoms with Gasteiger partial charge < -0.3 is 26.3 Å². The Bertz CT molecular complexity index is 390. The van der Waals surface area contributed by atoms with Gasteiger partial charge in [0.1, 0.15) is 6.04 Å². The van der Waals surface area contributed by atoms with Crippen molar-refractivity contribution in [3.8, 4) is 0 Å². The predicted octanol–water partition coefficient (Wildman–Crippen LogP) is 0.234. The van der Waals surface area contributed by atoms with Gasteiger partial charge in [0.15, 0.2) is 0 Å². The van der Waals surface area contributed by atoms with E-state index in [9.17, 15) is 4.79 Å². The minimum atomic E-state index is -0.959. The lowest BCUT2D eigenvalue weighted by Crippen LogP contribution is -2.32. The maximum Gasteiger partial charge on any atom is 0.436 e. The Balaban J connectivity index is 0.000000400. The molecule has 6 nitrogen and oxygen atoms in total. The quantitative estimate of drug-likeness (QED) is 0.422. The zero-order valence-corrected chi connectivity index (χ0v) is 12.6. The van der Waals surface area contributed by atoms with E-state index in [1.807, 2.05) is 30.3 Å². The number of nitrogens with two attached hydrogens (primary N) is 2. The molecule has 0 aliphatic heterocycles. The molecule has 1 aromatic rings. The third-order valence-corrected chi connectivity index (χ3v) is 2.61. The van der Waals surface area contributed by atoms with Gasteiger partial charge in [0.05, 0.1) is 6.23 Å². The normalized spacial score (nSPS) is 13.0. The maximum absolute atomic E-state index is 10.4.